The van der Waals surface area contributed by atoms with Gasteiger partial charge in [-0.3, -0.25) is 4.90 Å². The molecule has 5 nitrogen and oxygen atoms in total. The van der Waals surface area contributed by atoms with E-state index in [2.05, 4.69) is 55.7 Å². The van der Waals surface area contributed by atoms with Gasteiger partial charge in [0.1, 0.15) is 12.6 Å². The van der Waals surface area contributed by atoms with Crippen molar-refractivity contribution < 1.29 is 27.4 Å². The molecule has 2 aromatic carbocycles. The molecule has 2 aromatic rings. The van der Waals surface area contributed by atoms with Gasteiger partial charge >= 0.3 is 12.1 Å². The average Bonchev–Trinajstić information content (AvgIpc) is 3.36. The number of nitrogens with zero attached hydrogens (tertiary/aromatic N) is 2. The predicted octanol–water partition coefficient (Wildman–Crippen LogP) is 9.39. The van der Waals surface area contributed by atoms with E-state index in [1.807, 2.05) is 32.2 Å². The summed E-state index contributed by atoms with van der Waals surface area (Å²) in [6, 6.07) is 11.6. The first-order valence-corrected chi connectivity index (χ1v) is 17.7. The highest BCUT2D eigenvalue weighted by atomic mass is 35.5. The lowest BCUT2D eigenvalue weighted by Crippen LogP contribution is -2.35. The summed E-state index contributed by atoms with van der Waals surface area (Å²) in [5, 5.41) is 0.735. The Morgan fingerprint density at radius 1 is 1.06 bits per heavy atom. The second kappa shape index (κ2) is 16.5. The number of carbonyl (C=O) groups excluding carboxylic acids is 1. The van der Waals surface area contributed by atoms with E-state index in [1.165, 1.54) is 17.5 Å². The zero-order chi connectivity index (χ0) is 34.4. The van der Waals surface area contributed by atoms with Gasteiger partial charge in [0.05, 0.1) is 12.7 Å². The van der Waals surface area contributed by atoms with E-state index >= 15 is 0 Å². The summed E-state index contributed by atoms with van der Waals surface area (Å²) in [6.07, 6.45) is 0.880. The van der Waals surface area contributed by atoms with Crippen LogP contribution in [0.1, 0.15) is 111 Å². The number of hydrogen-bond acceptors (Lipinski definition) is 5. The third-order valence-electron chi connectivity index (χ3n) is 10.2. The lowest BCUT2D eigenvalue weighted by molar-refractivity contribution is -0.188. The lowest BCUT2D eigenvalue weighted by atomic mass is 9.77. The molecule has 1 heterocycles. The topological polar surface area (TPSA) is 42.0 Å². The highest BCUT2D eigenvalue weighted by Gasteiger charge is 2.35. The van der Waals surface area contributed by atoms with Crippen LogP contribution in [0.3, 0.4) is 0 Å². The summed E-state index contributed by atoms with van der Waals surface area (Å²) in [4.78, 5) is 18.4. The van der Waals surface area contributed by atoms with Gasteiger partial charge in [-0.25, -0.2) is 4.79 Å². The van der Waals surface area contributed by atoms with Crippen molar-refractivity contribution in [2.24, 2.45) is 5.41 Å². The molecule has 4 rings (SSSR count). The number of likely N-dealkylation sites (tertiary alicyclic amines) is 1. The molecule has 262 valence electrons. The van der Waals surface area contributed by atoms with Crippen molar-refractivity contribution in [1.82, 2.24) is 9.80 Å². The second-order valence-electron chi connectivity index (χ2n) is 14.6. The Balaban J connectivity index is 1.54. The van der Waals surface area contributed by atoms with Crippen LogP contribution in [0.2, 0.25) is 5.02 Å². The molecule has 47 heavy (non-hydrogen) atoms. The van der Waals surface area contributed by atoms with E-state index in [1.54, 1.807) is 0 Å². The predicted molar refractivity (Wildman–Crippen MR) is 183 cm³/mol. The van der Waals surface area contributed by atoms with Gasteiger partial charge in [-0.2, -0.15) is 13.2 Å². The number of esters is 1. The minimum Gasteiger partial charge on any atom is -0.465 e. The van der Waals surface area contributed by atoms with Crippen LogP contribution in [-0.2, 0) is 14.3 Å². The van der Waals surface area contributed by atoms with E-state index < -0.39 is 24.9 Å². The molecule has 1 saturated carbocycles. The van der Waals surface area contributed by atoms with Crippen molar-refractivity contribution in [2.75, 3.05) is 46.4 Å². The molecule has 0 aromatic heterocycles. The monoisotopic (exact) mass is 678 g/mol. The Bertz CT molecular complexity index is 1330. The standard InChI is InChI=1S/C38H54ClF3N2O3/c1-7-46-36(45)35(32-10-8-9-27(3)34(32)29-12-15-31(16-13-29)47-25-38(40,41)42)43(6)20-17-28(33-23-30(39)14-11-26(33)2)18-21-44-22-19-37(4,5)24-44/h8-11,14,23,28-29,31,35H,7,12-13,15-22,24-25H2,1-6H3/t28-,29?,31?,35?/m1/s1. The maximum Gasteiger partial charge on any atom is 0.411 e. The van der Waals surface area contributed by atoms with Gasteiger partial charge in [-0.1, -0.05) is 49.7 Å². The highest BCUT2D eigenvalue weighted by Crippen LogP contribution is 2.41. The van der Waals surface area contributed by atoms with Crippen LogP contribution in [0.25, 0.3) is 0 Å². The number of alkyl halides is 3. The Labute approximate surface area is 285 Å². The third-order valence-corrected chi connectivity index (χ3v) is 10.5. The van der Waals surface area contributed by atoms with E-state index in [-0.39, 0.29) is 24.4 Å². The van der Waals surface area contributed by atoms with Crippen LogP contribution in [-0.4, -0.2) is 74.5 Å². The normalized spacial score (nSPS) is 21.6. The van der Waals surface area contributed by atoms with Crippen molar-refractivity contribution >= 4 is 17.6 Å². The molecule has 9 heteroatoms. The highest BCUT2D eigenvalue weighted by molar-refractivity contribution is 6.30. The van der Waals surface area contributed by atoms with Crippen molar-refractivity contribution in [3.63, 3.8) is 0 Å². The summed E-state index contributed by atoms with van der Waals surface area (Å²) >= 11 is 6.51. The summed E-state index contributed by atoms with van der Waals surface area (Å²) < 4.78 is 49.2. The number of ether oxygens (including phenoxy) is 2. The first kappa shape index (κ1) is 37.7. The molecular weight excluding hydrogens is 625 g/mol. The Morgan fingerprint density at radius 3 is 2.43 bits per heavy atom. The van der Waals surface area contributed by atoms with Crippen molar-refractivity contribution in [2.45, 2.75) is 110 Å². The van der Waals surface area contributed by atoms with Gasteiger partial charge in [0.15, 0.2) is 0 Å². The van der Waals surface area contributed by atoms with Gasteiger partial charge in [0, 0.05) is 11.6 Å². The Morgan fingerprint density at radius 2 is 1.79 bits per heavy atom. The number of halogens is 4. The third kappa shape index (κ3) is 10.7. The molecular formula is C38H54ClF3N2O3. The Kier molecular flexibility index (Phi) is 13.2. The van der Waals surface area contributed by atoms with Crippen molar-refractivity contribution in [1.29, 1.82) is 0 Å². The van der Waals surface area contributed by atoms with Crippen LogP contribution in [0.4, 0.5) is 13.2 Å². The van der Waals surface area contributed by atoms with Crippen LogP contribution in [0, 0.1) is 19.3 Å². The first-order valence-electron chi connectivity index (χ1n) is 17.3. The molecule has 2 aliphatic rings. The number of carbonyl (C=O) groups is 1. The molecule has 1 saturated heterocycles. The number of hydrogen-bond donors (Lipinski definition) is 0. The number of benzene rings is 2. The summed E-state index contributed by atoms with van der Waals surface area (Å²) in [7, 11) is 2.00. The quantitative estimate of drug-likeness (QED) is 0.186. The molecule has 0 radical (unpaired) electrons. The maximum atomic E-state index is 13.7. The lowest BCUT2D eigenvalue weighted by Gasteiger charge is -2.35. The zero-order valence-electron chi connectivity index (χ0n) is 29.1. The number of aryl methyl sites for hydroxylation is 2. The zero-order valence-corrected chi connectivity index (χ0v) is 29.9. The average molecular weight is 679 g/mol. The van der Waals surface area contributed by atoms with Gasteiger partial charge < -0.3 is 14.4 Å². The fourth-order valence-corrected chi connectivity index (χ4v) is 7.92. The summed E-state index contributed by atoms with van der Waals surface area (Å²) in [5.41, 5.74) is 5.96. The fourth-order valence-electron chi connectivity index (χ4n) is 7.74. The molecule has 1 aliphatic heterocycles. The number of likely N-dealkylation sites (N-methyl/N-ethyl adjacent to an activating group) is 1. The van der Waals surface area contributed by atoms with E-state index in [4.69, 9.17) is 21.1 Å². The van der Waals surface area contributed by atoms with Crippen LogP contribution >= 0.6 is 11.6 Å². The molecule has 2 atom stereocenters. The maximum absolute atomic E-state index is 13.7. The van der Waals surface area contributed by atoms with Crippen LogP contribution in [0.5, 0.6) is 0 Å². The van der Waals surface area contributed by atoms with Crippen molar-refractivity contribution in [3.8, 4) is 0 Å². The SMILES string of the molecule is CCOC(=O)C(c1cccc(C)c1C1CCC(OCC(F)(F)F)CC1)N(C)CC[C@H](CCN1CCC(C)(C)C1)c1cc(Cl)ccc1C. The van der Waals surface area contributed by atoms with E-state index in [0.29, 0.717) is 37.6 Å². The van der Waals surface area contributed by atoms with E-state index in [0.717, 1.165) is 54.2 Å². The Hall–Kier alpha value is -2.13. The van der Waals surface area contributed by atoms with E-state index in [9.17, 15) is 18.0 Å². The smallest absolute Gasteiger partial charge is 0.411 e. The minimum atomic E-state index is -4.33. The molecule has 1 unspecified atom stereocenters. The molecule has 2 fully saturated rings. The largest absolute Gasteiger partial charge is 0.465 e. The van der Waals surface area contributed by atoms with Crippen LogP contribution in [0.15, 0.2) is 36.4 Å². The minimum absolute atomic E-state index is 0.133. The van der Waals surface area contributed by atoms with Crippen molar-refractivity contribution in [3.05, 3.63) is 69.2 Å². The second-order valence-corrected chi connectivity index (χ2v) is 15.0. The molecule has 0 amide bonds. The van der Waals surface area contributed by atoms with Gasteiger partial charge in [-0.15, -0.1) is 0 Å². The van der Waals surface area contributed by atoms with Gasteiger partial charge in [0.2, 0.25) is 0 Å². The van der Waals surface area contributed by atoms with Crippen LogP contribution < -0.4 is 0 Å². The fraction of sp³-hybridized carbons (Fsp3) is 0.658. The summed E-state index contributed by atoms with van der Waals surface area (Å²) in [5.74, 6) is 0.124. The summed E-state index contributed by atoms with van der Waals surface area (Å²) in [6.45, 7) is 13.7. The van der Waals surface area contributed by atoms with Gasteiger partial charge in [0.25, 0.3) is 0 Å². The molecule has 0 bridgehead atoms. The molecule has 0 spiro atoms. The molecule has 1 aliphatic carbocycles. The number of rotatable bonds is 14. The molecule has 0 N–H and O–H groups in total. The van der Waals surface area contributed by atoms with Gasteiger partial charge in [-0.05, 0) is 150 Å². The first-order chi connectivity index (χ1) is 22.2.